The molecule has 2 heterocycles. The summed E-state index contributed by atoms with van der Waals surface area (Å²) >= 11 is 5.70. The number of aromatic nitrogens is 4. The van der Waals surface area contributed by atoms with E-state index in [4.69, 9.17) is 16.3 Å². The van der Waals surface area contributed by atoms with Gasteiger partial charge in [-0.15, -0.1) is 20.4 Å². The fourth-order valence-corrected chi connectivity index (χ4v) is 3.87. The Labute approximate surface area is 185 Å². The number of nitrogens with zero attached hydrogens (tertiary/aromatic N) is 6. The van der Waals surface area contributed by atoms with E-state index in [1.165, 1.54) is 53.0 Å². The van der Waals surface area contributed by atoms with E-state index >= 15 is 0 Å². The maximum Gasteiger partial charge on any atom is 0.203 e. The first-order valence-corrected chi connectivity index (χ1v) is 10.3. The zero-order valence-electron chi connectivity index (χ0n) is 14.7. The van der Waals surface area contributed by atoms with Crippen molar-refractivity contribution in [2.24, 2.45) is 0 Å². The molecule has 4 aromatic rings. The van der Waals surface area contributed by atoms with Crippen molar-refractivity contribution >= 4 is 43.7 Å². The van der Waals surface area contributed by atoms with E-state index in [9.17, 15) is 8.78 Å². The van der Waals surface area contributed by atoms with Crippen molar-refractivity contribution in [1.29, 1.82) is 10.5 Å². The van der Waals surface area contributed by atoms with Crippen LogP contribution in [0.15, 0.2) is 40.3 Å². The van der Waals surface area contributed by atoms with E-state index in [0.717, 1.165) is 0 Å². The average molecular weight is 504 g/mol. The van der Waals surface area contributed by atoms with Crippen LogP contribution in [0.2, 0.25) is 0 Å². The van der Waals surface area contributed by atoms with Gasteiger partial charge < -0.3 is 5.73 Å². The molecule has 0 radical (unpaired) electrons. The summed E-state index contributed by atoms with van der Waals surface area (Å²) in [7, 11) is 0. The number of benzene rings is 2. The summed E-state index contributed by atoms with van der Waals surface area (Å²) in [5, 5.41) is 34.0. The van der Waals surface area contributed by atoms with E-state index in [0.29, 0.717) is 30.2 Å². The van der Waals surface area contributed by atoms with Crippen LogP contribution < -0.4 is 5.73 Å². The molecule has 0 atom stereocenters. The van der Waals surface area contributed by atoms with Crippen molar-refractivity contribution in [3.63, 3.8) is 0 Å². The lowest BCUT2D eigenvalue weighted by atomic mass is 10.1. The molecule has 4 rings (SSSR count). The van der Waals surface area contributed by atoms with Gasteiger partial charge in [0.2, 0.25) is 5.13 Å². The van der Waals surface area contributed by atoms with Gasteiger partial charge in [0.05, 0.1) is 11.1 Å². The summed E-state index contributed by atoms with van der Waals surface area (Å²) in [4.78, 5) is 0. The van der Waals surface area contributed by atoms with E-state index in [1.54, 1.807) is 18.2 Å². The minimum atomic E-state index is -0.543. The second kappa shape index (κ2) is 9.45. The van der Waals surface area contributed by atoms with Gasteiger partial charge in [0.1, 0.15) is 33.8 Å². The average Bonchev–Trinajstić information content (AvgIpc) is 3.37. The minimum Gasteiger partial charge on any atom is -0.374 e. The zero-order chi connectivity index (χ0) is 21.7. The Hall–Kier alpha value is -3.32. The molecule has 0 aliphatic carbocycles. The number of nitrogen functional groups attached to an aromatic ring is 1. The Morgan fingerprint density at radius 2 is 1.30 bits per heavy atom. The SMILES string of the molecule is N#Cc1cc(-c2nnc(Br)s2)ccc1F.N#Cc1cc(-c2nnc(N)s2)ccc1F. The van der Waals surface area contributed by atoms with Gasteiger partial charge in [-0.05, 0) is 52.3 Å². The fourth-order valence-electron chi connectivity index (χ4n) is 2.16. The number of anilines is 1. The van der Waals surface area contributed by atoms with E-state index < -0.39 is 11.6 Å². The number of hydrogen-bond acceptors (Lipinski definition) is 9. The smallest absolute Gasteiger partial charge is 0.203 e. The minimum absolute atomic E-state index is 0.0127. The topological polar surface area (TPSA) is 125 Å². The van der Waals surface area contributed by atoms with Crippen molar-refractivity contribution < 1.29 is 8.78 Å². The zero-order valence-corrected chi connectivity index (χ0v) is 17.9. The number of nitrogens with two attached hydrogens (primary N) is 1. The summed E-state index contributed by atoms with van der Waals surface area (Å²) in [6.45, 7) is 0. The number of hydrogen-bond donors (Lipinski definition) is 1. The molecule has 0 aliphatic heterocycles. The van der Waals surface area contributed by atoms with E-state index in [1.807, 2.05) is 0 Å². The number of rotatable bonds is 2. The predicted molar refractivity (Wildman–Crippen MR) is 112 cm³/mol. The highest BCUT2D eigenvalue weighted by atomic mass is 79.9. The molecule has 0 spiro atoms. The van der Waals surface area contributed by atoms with Crippen LogP contribution in [0.25, 0.3) is 21.1 Å². The third-order valence-corrected chi connectivity index (χ3v) is 5.71. The lowest BCUT2D eigenvalue weighted by molar-refractivity contribution is 0.623. The second-order valence-corrected chi connectivity index (χ2v) is 8.68. The van der Waals surface area contributed by atoms with Gasteiger partial charge in [-0.3, -0.25) is 0 Å². The molecule has 0 amide bonds. The van der Waals surface area contributed by atoms with Crippen molar-refractivity contribution in [2.75, 3.05) is 5.73 Å². The first-order valence-electron chi connectivity index (χ1n) is 7.89. The highest BCUT2D eigenvalue weighted by Crippen LogP contribution is 2.28. The third-order valence-electron chi connectivity index (χ3n) is 3.51. The highest BCUT2D eigenvalue weighted by molar-refractivity contribution is 9.11. The monoisotopic (exact) mass is 503 g/mol. The summed E-state index contributed by atoms with van der Waals surface area (Å²) in [5.41, 5.74) is 6.75. The van der Waals surface area contributed by atoms with Gasteiger partial charge in [-0.1, -0.05) is 22.7 Å². The molecule has 0 aliphatic rings. The standard InChI is InChI=1S/C9H3BrFN3S.C9H5FN4S/c10-9-14-13-8(15-9)5-1-2-7(11)6(3-5)4-12;10-7-2-1-5(3-6(7)4-11)8-13-14-9(12)15-8/h1-3H;1-3H,(H2,12,14). The summed E-state index contributed by atoms with van der Waals surface area (Å²) in [6, 6.07) is 12.0. The summed E-state index contributed by atoms with van der Waals surface area (Å²) in [6.07, 6.45) is 0. The van der Waals surface area contributed by atoms with Crippen LogP contribution in [0.4, 0.5) is 13.9 Å². The van der Waals surface area contributed by atoms with Crippen LogP contribution in [-0.4, -0.2) is 20.4 Å². The first kappa shape index (κ1) is 21.4. The molecular formula is C18H8BrF2N7S2. The molecule has 0 fully saturated rings. The van der Waals surface area contributed by atoms with Crippen LogP contribution in [0, 0.1) is 34.3 Å². The first-order chi connectivity index (χ1) is 14.4. The maximum absolute atomic E-state index is 13.0. The fraction of sp³-hybridized carbons (Fsp3) is 0. The summed E-state index contributed by atoms with van der Waals surface area (Å²) in [5.74, 6) is -1.07. The van der Waals surface area contributed by atoms with E-state index in [-0.39, 0.29) is 11.1 Å². The van der Waals surface area contributed by atoms with Crippen LogP contribution in [0.1, 0.15) is 11.1 Å². The Bertz CT molecular complexity index is 1190. The summed E-state index contributed by atoms with van der Waals surface area (Å²) < 4.78 is 26.7. The van der Waals surface area contributed by atoms with Crippen molar-refractivity contribution in [3.05, 3.63) is 63.1 Å². The molecule has 2 aromatic heterocycles. The lowest BCUT2D eigenvalue weighted by Crippen LogP contribution is -1.85. The molecule has 0 unspecified atom stereocenters. The van der Waals surface area contributed by atoms with Crippen LogP contribution in [0.3, 0.4) is 0 Å². The number of halogens is 3. The molecule has 30 heavy (non-hydrogen) atoms. The normalized spacial score (nSPS) is 9.90. The molecule has 0 saturated heterocycles. The number of nitriles is 2. The molecule has 12 heteroatoms. The van der Waals surface area contributed by atoms with Crippen LogP contribution >= 0.6 is 38.6 Å². The molecular weight excluding hydrogens is 496 g/mol. The van der Waals surface area contributed by atoms with Crippen molar-refractivity contribution in [2.45, 2.75) is 0 Å². The van der Waals surface area contributed by atoms with Crippen LogP contribution in [-0.2, 0) is 0 Å². The van der Waals surface area contributed by atoms with Crippen molar-refractivity contribution in [3.8, 4) is 33.3 Å². The second-order valence-electron chi connectivity index (χ2n) is 5.42. The molecule has 148 valence electrons. The molecule has 2 aromatic carbocycles. The molecule has 0 saturated carbocycles. The van der Waals surface area contributed by atoms with Crippen LogP contribution in [0.5, 0.6) is 0 Å². The lowest BCUT2D eigenvalue weighted by Gasteiger charge is -1.96. The Morgan fingerprint density at radius 1 is 0.800 bits per heavy atom. The highest BCUT2D eigenvalue weighted by Gasteiger charge is 2.09. The Balaban J connectivity index is 0.000000171. The maximum atomic E-state index is 13.0. The van der Waals surface area contributed by atoms with Gasteiger partial charge in [-0.2, -0.15) is 10.5 Å². The van der Waals surface area contributed by atoms with E-state index in [2.05, 4.69) is 36.3 Å². The van der Waals surface area contributed by atoms with Gasteiger partial charge >= 0.3 is 0 Å². The predicted octanol–water partition coefficient (Wildman–Crippen LogP) is 4.78. The molecule has 0 bridgehead atoms. The molecule has 2 N–H and O–H groups in total. The van der Waals surface area contributed by atoms with Gasteiger partial charge in [0, 0.05) is 11.1 Å². The van der Waals surface area contributed by atoms with Gasteiger partial charge in [0.25, 0.3) is 0 Å². The third kappa shape index (κ3) is 4.99. The molecule has 7 nitrogen and oxygen atoms in total. The van der Waals surface area contributed by atoms with Crippen molar-refractivity contribution in [1.82, 2.24) is 20.4 Å². The van der Waals surface area contributed by atoms with Gasteiger partial charge in [-0.25, -0.2) is 8.78 Å². The quantitative estimate of drug-likeness (QED) is 0.417. The van der Waals surface area contributed by atoms with Gasteiger partial charge in [0.15, 0.2) is 3.92 Å². The largest absolute Gasteiger partial charge is 0.374 e. The Kier molecular flexibility index (Phi) is 6.74. The Morgan fingerprint density at radius 3 is 1.70 bits per heavy atom.